The van der Waals surface area contributed by atoms with Gasteiger partial charge < -0.3 is 9.64 Å². The number of hydrogen-bond acceptors (Lipinski definition) is 3. The van der Waals surface area contributed by atoms with E-state index in [-0.39, 0.29) is 17.7 Å². The molecule has 0 aliphatic heterocycles. The maximum atomic E-state index is 13.4. The summed E-state index contributed by atoms with van der Waals surface area (Å²) in [5.41, 5.74) is 4.28. The number of hydrogen-bond donors (Lipinski definition) is 1. The van der Waals surface area contributed by atoms with Crippen LogP contribution in [0.2, 0.25) is 0 Å². The van der Waals surface area contributed by atoms with E-state index < -0.39 is 6.61 Å². The number of nitrogens with zero attached hydrogens (tertiary/aromatic N) is 2. The summed E-state index contributed by atoms with van der Waals surface area (Å²) in [6.07, 6.45) is 6.59. The maximum absolute atomic E-state index is 13.4. The third kappa shape index (κ3) is 4.04. The van der Waals surface area contributed by atoms with Crippen LogP contribution in [-0.4, -0.2) is 39.7 Å². The van der Waals surface area contributed by atoms with Gasteiger partial charge in [0, 0.05) is 28.9 Å². The van der Waals surface area contributed by atoms with Gasteiger partial charge >= 0.3 is 6.61 Å². The zero-order valence-electron chi connectivity index (χ0n) is 16.9. The minimum Gasteiger partial charge on any atom is -0.434 e. The highest BCUT2D eigenvalue weighted by atomic mass is 19.3. The van der Waals surface area contributed by atoms with Crippen molar-refractivity contribution in [1.29, 1.82) is 0 Å². The third-order valence-corrected chi connectivity index (χ3v) is 6.10. The highest BCUT2D eigenvalue weighted by molar-refractivity contribution is 5.95. The summed E-state index contributed by atoms with van der Waals surface area (Å²) in [7, 11) is 0. The topological polar surface area (TPSA) is 58.2 Å². The Hall–Kier alpha value is -3.22. The maximum Gasteiger partial charge on any atom is 0.387 e. The molecule has 1 amide bonds. The first-order valence-electron chi connectivity index (χ1n) is 10.6. The Bertz CT molecular complexity index is 1080. The van der Waals surface area contributed by atoms with Gasteiger partial charge in [-0.15, -0.1) is 0 Å². The van der Waals surface area contributed by atoms with E-state index in [1.165, 1.54) is 17.3 Å². The number of amides is 1. The summed E-state index contributed by atoms with van der Waals surface area (Å²) in [5, 5.41) is 7.19. The molecule has 5 nitrogen and oxygen atoms in total. The minimum atomic E-state index is -2.89. The number of alkyl halides is 2. The molecule has 160 valence electrons. The number of aryl methyl sites for hydroxylation is 1. The molecule has 0 saturated heterocycles. The molecule has 1 atom stereocenters. The van der Waals surface area contributed by atoms with Gasteiger partial charge in [0.25, 0.3) is 5.91 Å². The summed E-state index contributed by atoms with van der Waals surface area (Å²) >= 11 is 0. The van der Waals surface area contributed by atoms with Crippen LogP contribution in [0.3, 0.4) is 0 Å². The number of carbonyl (C=O) groups excluding carboxylic acids is 1. The number of benzene rings is 2. The quantitative estimate of drug-likeness (QED) is 0.617. The van der Waals surface area contributed by atoms with Crippen molar-refractivity contribution in [1.82, 2.24) is 15.1 Å². The van der Waals surface area contributed by atoms with Crippen molar-refractivity contribution in [3.8, 4) is 16.9 Å². The van der Waals surface area contributed by atoms with E-state index in [9.17, 15) is 13.6 Å². The predicted octanol–water partition coefficient (Wildman–Crippen LogP) is 4.84. The van der Waals surface area contributed by atoms with E-state index >= 15 is 0 Å². The van der Waals surface area contributed by atoms with E-state index in [1.54, 1.807) is 42.5 Å². The van der Waals surface area contributed by atoms with Crippen LogP contribution in [0.5, 0.6) is 5.75 Å². The number of carbonyl (C=O) groups is 1. The third-order valence-electron chi connectivity index (χ3n) is 6.10. The van der Waals surface area contributed by atoms with Crippen LogP contribution >= 0.6 is 0 Å². The van der Waals surface area contributed by atoms with Crippen molar-refractivity contribution in [3.63, 3.8) is 0 Å². The minimum absolute atomic E-state index is 0.0307. The average Bonchev–Trinajstić information content (AvgIpc) is 3.49. The predicted molar refractivity (Wildman–Crippen MR) is 112 cm³/mol. The molecule has 1 fully saturated rings. The van der Waals surface area contributed by atoms with Crippen molar-refractivity contribution in [3.05, 3.63) is 71.5 Å². The van der Waals surface area contributed by atoms with Gasteiger partial charge in [-0.25, -0.2) is 0 Å². The Morgan fingerprint density at radius 3 is 2.58 bits per heavy atom. The van der Waals surface area contributed by atoms with Crippen LogP contribution in [0, 0.1) is 0 Å². The second-order valence-corrected chi connectivity index (χ2v) is 8.17. The van der Waals surface area contributed by atoms with Crippen molar-refractivity contribution in [2.45, 2.75) is 50.8 Å². The molecule has 1 saturated carbocycles. The number of ether oxygens (including phenoxy) is 1. The lowest BCUT2D eigenvalue weighted by Crippen LogP contribution is -2.44. The molecular weight excluding hydrogens is 400 g/mol. The molecule has 3 aromatic rings. The Morgan fingerprint density at radius 1 is 1.06 bits per heavy atom. The average molecular weight is 423 g/mol. The number of aromatic nitrogens is 2. The normalized spacial score (nSPS) is 18.0. The molecule has 0 bridgehead atoms. The summed E-state index contributed by atoms with van der Waals surface area (Å²) in [4.78, 5) is 15.5. The van der Waals surface area contributed by atoms with Crippen LogP contribution in [0.25, 0.3) is 11.1 Å². The number of fused-ring (bicyclic) bond motifs is 1. The van der Waals surface area contributed by atoms with Gasteiger partial charge in [0.2, 0.25) is 0 Å². The van der Waals surface area contributed by atoms with Crippen molar-refractivity contribution in [2.75, 3.05) is 0 Å². The first kappa shape index (κ1) is 19.7. The van der Waals surface area contributed by atoms with Crippen LogP contribution in [0.1, 0.15) is 40.9 Å². The number of nitrogens with one attached hydrogen (secondary N) is 1. The van der Waals surface area contributed by atoms with Gasteiger partial charge in [0.1, 0.15) is 5.75 Å². The van der Waals surface area contributed by atoms with E-state index in [1.807, 2.05) is 6.20 Å². The van der Waals surface area contributed by atoms with E-state index in [0.29, 0.717) is 17.2 Å². The fourth-order valence-electron chi connectivity index (χ4n) is 4.46. The fourth-order valence-corrected chi connectivity index (χ4v) is 4.46. The Kier molecular flexibility index (Phi) is 5.18. The Balaban J connectivity index is 1.37. The second-order valence-electron chi connectivity index (χ2n) is 8.17. The molecule has 1 unspecified atom stereocenters. The molecule has 1 N–H and O–H groups in total. The summed E-state index contributed by atoms with van der Waals surface area (Å²) in [6, 6.07) is 14.3. The lowest BCUT2D eigenvalue weighted by Gasteiger charge is -2.34. The molecule has 2 aliphatic rings. The van der Waals surface area contributed by atoms with Crippen LogP contribution in [0.4, 0.5) is 8.78 Å². The van der Waals surface area contributed by atoms with Crippen LogP contribution in [-0.2, 0) is 12.8 Å². The number of aromatic amines is 1. The largest absolute Gasteiger partial charge is 0.434 e. The van der Waals surface area contributed by atoms with E-state index in [2.05, 4.69) is 19.8 Å². The smallest absolute Gasteiger partial charge is 0.387 e. The summed E-state index contributed by atoms with van der Waals surface area (Å²) in [5.74, 6) is 0.150. The summed E-state index contributed by atoms with van der Waals surface area (Å²) < 4.78 is 30.1. The van der Waals surface area contributed by atoms with Gasteiger partial charge in [0.15, 0.2) is 0 Å². The number of H-pyrrole nitrogens is 1. The summed E-state index contributed by atoms with van der Waals surface area (Å²) in [6.45, 7) is -2.89. The van der Waals surface area contributed by atoms with Crippen molar-refractivity contribution >= 4 is 5.91 Å². The number of rotatable bonds is 6. The lowest BCUT2D eigenvalue weighted by molar-refractivity contribution is -0.0494. The zero-order chi connectivity index (χ0) is 21.4. The van der Waals surface area contributed by atoms with Gasteiger partial charge in [-0.2, -0.15) is 13.9 Å². The van der Waals surface area contributed by atoms with E-state index in [4.69, 9.17) is 0 Å². The standard InChI is InChI=1S/C24H23F2N3O2/c25-24(26)31-22-4-2-1-3-20(22)15-5-7-16(8-6-15)23(30)29(18-9-10-18)19-11-12-21-17(13-19)14-27-28-21/h1-8,14,18-19,24H,9-13H2,(H,27,28). The molecule has 0 spiro atoms. The van der Waals surface area contributed by atoms with Gasteiger partial charge in [-0.05, 0) is 61.4 Å². The lowest BCUT2D eigenvalue weighted by atomic mass is 9.91. The van der Waals surface area contributed by atoms with Crippen molar-refractivity contribution < 1.29 is 18.3 Å². The highest BCUT2D eigenvalue weighted by Gasteiger charge is 2.39. The van der Waals surface area contributed by atoms with Gasteiger partial charge in [-0.1, -0.05) is 30.3 Å². The molecule has 0 radical (unpaired) electrons. The fraction of sp³-hybridized carbons (Fsp3) is 0.333. The molecule has 5 rings (SSSR count). The Labute approximate surface area is 179 Å². The first-order chi connectivity index (χ1) is 15.1. The molecule has 31 heavy (non-hydrogen) atoms. The second kappa shape index (κ2) is 8.13. The molecule has 7 heteroatoms. The molecule has 2 aliphatic carbocycles. The Morgan fingerprint density at radius 2 is 1.84 bits per heavy atom. The first-order valence-corrected chi connectivity index (χ1v) is 10.6. The monoisotopic (exact) mass is 423 g/mol. The van der Waals surface area contributed by atoms with E-state index in [0.717, 1.165) is 37.7 Å². The SMILES string of the molecule is O=C(c1ccc(-c2ccccc2OC(F)F)cc1)N(C1CC1)C1CCc2[nH]ncc2C1. The molecular formula is C24H23F2N3O2. The molecule has 1 heterocycles. The number of para-hydroxylation sites is 1. The zero-order valence-corrected chi connectivity index (χ0v) is 16.9. The molecule has 1 aromatic heterocycles. The van der Waals surface area contributed by atoms with Gasteiger partial charge in [-0.3, -0.25) is 9.89 Å². The highest BCUT2D eigenvalue weighted by Crippen LogP contribution is 2.35. The van der Waals surface area contributed by atoms with Crippen molar-refractivity contribution in [2.24, 2.45) is 0 Å². The van der Waals surface area contributed by atoms with Crippen LogP contribution in [0.15, 0.2) is 54.7 Å². The van der Waals surface area contributed by atoms with Gasteiger partial charge in [0.05, 0.1) is 6.20 Å². The van der Waals surface area contributed by atoms with Crippen LogP contribution < -0.4 is 4.74 Å². The number of halogens is 2. The molecule has 2 aromatic carbocycles.